The Hall–Kier alpha value is -2.27. The van der Waals surface area contributed by atoms with Crippen molar-refractivity contribution >= 4 is 5.91 Å². The maximum atomic E-state index is 13.5. The molecule has 1 fully saturated rings. The highest BCUT2D eigenvalue weighted by molar-refractivity contribution is 5.79. The van der Waals surface area contributed by atoms with Gasteiger partial charge in [-0.15, -0.1) is 0 Å². The average molecular weight is 299 g/mol. The standard InChI is InChI=1S/C17H18FN3O/c18-15-5-1-4-14(10-15)16-12-20-7-8-21(16)17(22)9-13-3-2-6-19-11-13/h1-6,10-11,16,20H,7-9,12H2. The summed E-state index contributed by atoms with van der Waals surface area (Å²) in [7, 11) is 0. The lowest BCUT2D eigenvalue weighted by Gasteiger charge is -2.36. The Morgan fingerprint density at radius 2 is 2.27 bits per heavy atom. The van der Waals surface area contributed by atoms with Crippen LogP contribution in [0.25, 0.3) is 0 Å². The van der Waals surface area contributed by atoms with E-state index in [2.05, 4.69) is 10.3 Å². The number of carbonyl (C=O) groups excluding carboxylic acids is 1. The van der Waals surface area contributed by atoms with Gasteiger partial charge in [0.25, 0.3) is 0 Å². The molecule has 4 nitrogen and oxygen atoms in total. The summed E-state index contributed by atoms with van der Waals surface area (Å²) in [5.41, 5.74) is 1.72. The quantitative estimate of drug-likeness (QED) is 0.942. The summed E-state index contributed by atoms with van der Waals surface area (Å²) in [5.74, 6) is -0.230. The molecule has 22 heavy (non-hydrogen) atoms. The van der Waals surface area contributed by atoms with Gasteiger partial charge in [-0.1, -0.05) is 18.2 Å². The van der Waals surface area contributed by atoms with Gasteiger partial charge in [-0.25, -0.2) is 4.39 Å². The molecule has 1 aromatic heterocycles. The SMILES string of the molecule is O=C(Cc1cccnc1)N1CCNCC1c1cccc(F)c1. The van der Waals surface area contributed by atoms with E-state index in [1.807, 2.05) is 23.1 Å². The Kier molecular flexibility index (Phi) is 4.44. The third-order valence-corrected chi connectivity index (χ3v) is 3.88. The number of hydrogen-bond acceptors (Lipinski definition) is 3. The van der Waals surface area contributed by atoms with Crippen molar-refractivity contribution in [3.05, 3.63) is 65.7 Å². The van der Waals surface area contributed by atoms with Crippen molar-refractivity contribution in [2.24, 2.45) is 0 Å². The van der Waals surface area contributed by atoms with Gasteiger partial charge in [0.15, 0.2) is 0 Å². The largest absolute Gasteiger partial charge is 0.333 e. The van der Waals surface area contributed by atoms with Crippen LogP contribution in [0.4, 0.5) is 4.39 Å². The van der Waals surface area contributed by atoms with E-state index >= 15 is 0 Å². The zero-order valence-electron chi connectivity index (χ0n) is 12.2. The molecule has 1 aromatic carbocycles. The Labute approximate surface area is 129 Å². The molecule has 3 rings (SSSR count). The number of pyridine rings is 1. The van der Waals surface area contributed by atoms with Gasteiger partial charge in [0.2, 0.25) is 5.91 Å². The number of aromatic nitrogens is 1. The normalized spacial score (nSPS) is 18.2. The number of rotatable bonds is 3. The predicted octanol–water partition coefficient (Wildman–Crippen LogP) is 1.94. The number of benzene rings is 1. The van der Waals surface area contributed by atoms with Crippen molar-refractivity contribution in [2.75, 3.05) is 19.6 Å². The fourth-order valence-electron chi connectivity index (χ4n) is 2.79. The van der Waals surface area contributed by atoms with Crippen LogP contribution in [0.1, 0.15) is 17.2 Å². The van der Waals surface area contributed by atoms with Crippen LogP contribution in [0.3, 0.4) is 0 Å². The second-order valence-corrected chi connectivity index (χ2v) is 5.40. The van der Waals surface area contributed by atoms with E-state index in [-0.39, 0.29) is 17.8 Å². The van der Waals surface area contributed by atoms with Crippen molar-refractivity contribution in [1.29, 1.82) is 0 Å². The highest BCUT2D eigenvalue weighted by atomic mass is 19.1. The molecule has 1 aliphatic rings. The molecule has 1 aliphatic heterocycles. The van der Waals surface area contributed by atoms with Crippen molar-refractivity contribution < 1.29 is 9.18 Å². The van der Waals surface area contributed by atoms with Crippen LogP contribution >= 0.6 is 0 Å². The third-order valence-electron chi connectivity index (χ3n) is 3.88. The summed E-state index contributed by atoms with van der Waals surface area (Å²) >= 11 is 0. The third kappa shape index (κ3) is 3.31. The molecular weight excluding hydrogens is 281 g/mol. The van der Waals surface area contributed by atoms with E-state index in [0.717, 1.165) is 17.7 Å². The summed E-state index contributed by atoms with van der Waals surface area (Å²) in [6, 6.07) is 10.1. The lowest BCUT2D eigenvalue weighted by molar-refractivity contribution is -0.133. The van der Waals surface area contributed by atoms with Crippen LogP contribution in [0.2, 0.25) is 0 Å². The molecule has 5 heteroatoms. The Bertz CT molecular complexity index is 647. The maximum absolute atomic E-state index is 13.5. The van der Waals surface area contributed by atoms with Gasteiger partial charge in [-0.2, -0.15) is 0 Å². The summed E-state index contributed by atoms with van der Waals surface area (Å²) in [6.45, 7) is 2.02. The van der Waals surface area contributed by atoms with Crippen LogP contribution in [0.15, 0.2) is 48.8 Å². The van der Waals surface area contributed by atoms with E-state index in [1.54, 1.807) is 18.5 Å². The van der Waals surface area contributed by atoms with Crippen LogP contribution in [-0.2, 0) is 11.2 Å². The molecule has 1 unspecified atom stereocenters. The molecular formula is C17H18FN3O. The summed E-state index contributed by atoms with van der Waals surface area (Å²) in [6.07, 6.45) is 3.71. The highest BCUT2D eigenvalue weighted by Gasteiger charge is 2.27. The van der Waals surface area contributed by atoms with E-state index in [9.17, 15) is 9.18 Å². The van der Waals surface area contributed by atoms with Gasteiger partial charge >= 0.3 is 0 Å². The highest BCUT2D eigenvalue weighted by Crippen LogP contribution is 2.23. The Morgan fingerprint density at radius 3 is 3.05 bits per heavy atom. The average Bonchev–Trinajstić information content (AvgIpc) is 2.56. The molecule has 0 radical (unpaired) electrons. The zero-order valence-corrected chi connectivity index (χ0v) is 12.2. The van der Waals surface area contributed by atoms with Crippen molar-refractivity contribution in [3.63, 3.8) is 0 Å². The number of carbonyl (C=O) groups is 1. The molecule has 0 saturated carbocycles. The second kappa shape index (κ2) is 6.66. The molecule has 1 N–H and O–H groups in total. The van der Waals surface area contributed by atoms with E-state index in [1.165, 1.54) is 12.1 Å². The van der Waals surface area contributed by atoms with Gasteiger partial charge in [-0.05, 0) is 29.3 Å². The molecule has 1 saturated heterocycles. The number of nitrogens with zero attached hydrogens (tertiary/aromatic N) is 2. The monoisotopic (exact) mass is 299 g/mol. The van der Waals surface area contributed by atoms with E-state index in [0.29, 0.717) is 19.5 Å². The summed E-state index contributed by atoms with van der Waals surface area (Å²) < 4.78 is 13.5. The molecule has 0 bridgehead atoms. The molecule has 0 spiro atoms. The molecule has 2 heterocycles. The zero-order chi connectivity index (χ0) is 15.4. The van der Waals surface area contributed by atoms with Crippen LogP contribution in [0, 0.1) is 5.82 Å². The van der Waals surface area contributed by atoms with Gasteiger partial charge in [-0.3, -0.25) is 9.78 Å². The van der Waals surface area contributed by atoms with Crippen LogP contribution < -0.4 is 5.32 Å². The number of amides is 1. The van der Waals surface area contributed by atoms with Crippen LogP contribution in [0.5, 0.6) is 0 Å². The Balaban J connectivity index is 1.79. The lowest BCUT2D eigenvalue weighted by Crippen LogP contribution is -2.49. The van der Waals surface area contributed by atoms with Gasteiger partial charge in [0.05, 0.1) is 12.5 Å². The first-order chi connectivity index (χ1) is 10.7. The first-order valence-corrected chi connectivity index (χ1v) is 7.38. The van der Waals surface area contributed by atoms with Crippen molar-refractivity contribution in [3.8, 4) is 0 Å². The van der Waals surface area contributed by atoms with Crippen molar-refractivity contribution in [1.82, 2.24) is 15.2 Å². The second-order valence-electron chi connectivity index (χ2n) is 5.40. The number of hydrogen-bond donors (Lipinski definition) is 1. The molecule has 114 valence electrons. The fraction of sp³-hybridized carbons (Fsp3) is 0.294. The molecule has 0 aliphatic carbocycles. The number of nitrogens with one attached hydrogen (secondary N) is 1. The molecule has 1 atom stereocenters. The minimum Gasteiger partial charge on any atom is -0.333 e. The predicted molar refractivity (Wildman–Crippen MR) is 81.7 cm³/mol. The fourth-order valence-corrected chi connectivity index (χ4v) is 2.79. The summed E-state index contributed by atoms with van der Waals surface area (Å²) in [5, 5.41) is 3.27. The minimum absolute atomic E-state index is 0.0451. The maximum Gasteiger partial charge on any atom is 0.227 e. The first kappa shape index (κ1) is 14.7. The Morgan fingerprint density at radius 1 is 1.36 bits per heavy atom. The smallest absolute Gasteiger partial charge is 0.227 e. The minimum atomic E-state index is -0.275. The topological polar surface area (TPSA) is 45.2 Å². The van der Waals surface area contributed by atoms with Crippen LogP contribution in [-0.4, -0.2) is 35.4 Å². The number of piperazine rings is 1. The van der Waals surface area contributed by atoms with E-state index in [4.69, 9.17) is 0 Å². The van der Waals surface area contributed by atoms with Gasteiger partial charge in [0.1, 0.15) is 5.82 Å². The number of halogens is 1. The molecule has 1 amide bonds. The summed E-state index contributed by atoms with van der Waals surface area (Å²) in [4.78, 5) is 18.5. The van der Waals surface area contributed by atoms with Crippen molar-refractivity contribution in [2.45, 2.75) is 12.5 Å². The lowest BCUT2D eigenvalue weighted by atomic mass is 10.0. The molecule has 2 aromatic rings. The van der Waals surface area contributed by atoms with Gasteiger partial charge in [0, 0.05) is 32.0 Å². The first-order valence-electron chi connectivity index (χ1n) is 7.38. The van der Waals surface area contributed by atoms with Gasteiger partial charge < -0.3 is 10.2 Å². The van der Waals surface area contributed by atoms with E-state index < -0.39 is 0 Å².